The molecule has 1 unspecified atom stereocenters. The standard InChI is InChI=1S/C19H26FN3O4S/c1-28(26,27)21-10-7-17(24)23-12-9-19(14-23)8-2-11-22(18(19)25)13-15-3-5-16(20)6-4-15/h3-6,21H,2,7-14H2,1H3. The number of halogens is 1. The van der Waals surface area contributed by atoms with Gasteiger partial charge in [0.2, 0.25) is 21.8 Å². The van der Waals surface area contributed by atoms with Gasteiger partial charge in [0.1, 0.15) is 5.82 Å². The number of hydrogen-bond donors (Lipinski definition) is 1. The second-order valence-electron chi connectivity index (χ2n) is 7.72. The van der Waals surface area contributed by atoms with E-state index >= 15 is 0 Å². The fourth-order valence-corrected chi connectivity index (χ4v) is 4.55. The molecular formula is C19H26FN3O4S. The van der Waals surface area contributed by atoms with E-state index in [1.54, 1.807) is 21.9 Å². The first-order valence-corrected chi connectivity index (χ1v) is 11.3. The van der Waals surface area contributed by atoms with Crippen LogP contribution in [0.5, 0.6) is 0 Å². The quantitative estimate of drug-likeness (QED) is 0.760. The zero-order chi connectivity index (χ0) is 20.4. The average Bonchev–Trinajstić information content (AvgIpc) is 3.05. The first kappa shape index (κ1) is 20.7. The number of likely N-dealkylation sites (tertiary alicyclic amines) is 2. The van der Waals surface area contributed by atoms with Crippen molar-refractivity contribution in [3.8, 4) is 0 Å². The van der Waals surface area contributed by atoms with E-state index in [4.69, 9.17) is 0 Å². The third kappa shape index (κ3) is 4.88. The number of carbonyl (C=O) groups is 2. The molecule has 2 aliphatic heterocycles. The number of amides is 2. The zero-order valence-electron chi connectivity index (χ0n) is 16.0. The van der Waals surface area contributed by atoms with E-state index in [9.17, 15) is 22.4 Å². The van der Waals surface area contributed by atoms with Gasteiger partial charge >= 0.3 is 0 Å². The van der Waals surface area contributed by atoms with Crippen molar-refractivity contribution >= 4 is 21.8 Å². The van der Waals surface area contributed by atoms with E-state index < -0.39 is 15.4 Å². The molecule has 28 heavy (non-hydrogen) atoms. The molecule has 0 aromatic heterocycles. The predicted octanol–water partition coefficient (Wildman–Crippen LogP) is 1.11. The molecule has 7 nitrogen and oxygen atoms in total. The topological polar surface area (TPSA) is 86.8 Å². The number of piperidine rings is 1. The lowest BCUT2D eigenvalue weighted by Crippen LogP contribution is -2.50. The van der Waals surface area contributed by atoms with Gasteiger partial charge in [0, 0.05) is 39.1 Å². The second kappa shape index (κ2) is 8.16. The van der Waals surface area contributed by atoms with Crippen molar-refractivity contribution in [3.63, 3.8) is 0 Å². The number of nitrogens with one attached hydrogen (secondary N) is 1. The van der Waals surface area contributed by atoms with E-state index in [-0.39, 0.29) is 30.6 Å². The van der Waals surface area contributed by atoms with Crippen LogP contribution in [-0.2, 0) is 26.2 Å². The van der Waals surface area contributed by atoms with E-state index in [0.717, 1.165) is 24.7 Å². The summed E-state index contributed by atoms with van der Waals surface area (Å²) in [4.78, 5) is 29.0. The van der Waals surface area contributed by atoms with Gasteiger partial charge in [-0.3, -0.25) is 9.59 Å². The minimum absolute atomic E-state index is 0.0487. The second-order valence-corrected chi connectivity index (χ2v) is 9.55. The fourth-order valence-electron chi connectivity index (χ4n) is 4.08. The van der Waals surface area contributed by atoms with Gasteiger partial charge < -0.3 is 9.80 Å². The molecule has 2 heterocycles. The summed E-state index contributed by atoms with van der Waals surface area (Å²) >= 11 is 0. The molecular weight excluding hydrogens is 385 g/mol. The van der Waals surface area contributed by atoms with Crippen molar-refractivity contribution in [1.29, 1.82) is 0 Å². The first-order valence-electron chi connectivity index (χ1n) is 9.45. The Labute approximate surface area is 164 Å². The number of benzene rings is 1. The summed E-state index contributed by atoms with van der Waals surface area (Å²) in [5.41, 5.74) is 0.322. The van der Waals surface area contributed by atoms with Crippen molar-refractivity contribution in [2.75, 3.05) is 32.4 Å². The minimum atomic E-state index is -3.32. The molecule has 1 aromatic carbocycles. The van der Waals surface area contributed by atoms with Gasteiger partial charge in [-0.05, 0) is 37.0 Å². The molecule has 0 aliphatic carbocycles. The van der Waals surface area contributed by atoms with Gasteiger partial charge in [0.15, 0.2) is 0 Å². The molecule has 0 saturated carbocycles. The van der Waals surface area contributed by atoms with Gasteiger partial charge in [0.25, 0.3) is 0 Å². The van der Waals surface area contributed by atoms with Crippen LogP contribution in [0.2, 0.25) is 0 Å². The lowest BCUT2D eigenvalue weighted by molar-refractivity contribution is -0.146. The Balaban J connectivity index is 1.60. The van der Waals surface area contributed by atoms with E-state index in [2.05, 4.69) is 4.72 Å². The number of hydrogen-bond acceptors (Lipinski definition) is 4. The Hall–Kier alpha value is -2.00. The lowest BCUT2D eigenvalue weighted by atomic mass is 9.78. The lowest BCUT2D eigenvalue weighted by Gasteiger charge is -2.39. The Kier molecular flexibility index (Phi) is 6.04. The number of carbonyl (C=O) groups excluding carboxylic acids is 2. The summed E-state index contributed by atoms with van der Waals surface area (Å²) < 4.78 is 37.7. The van der Waals surface area contributed by atoms with Crippen LogP contribution >= 0.6 is 0 Å². The molecule has 0 radical (unpaired) electrons. The van der Waals surface area contributed by atoms with E-state index in [1.165, 1.54) is 12.1 Å². The summed E-state index contributed by atoms with van der Waals surface area (Å²) in [7, 11) is -3.32. The average molecular weight is 411 g/mol. The molecule has 9 heteroatoms. The van der Waals surface area contributed by atoms with Crippen molar-refractivity contribution in [2.45, 2.75) is 32.2 Å². The summed E-state index contributed by atoms with van der Waals surface area (Å²) in [6, 6.07) is 6.15. The molecule has 2 saturated heterocycles. The van der Waals surface area contributed by atoms with Crippen LogP contribution in [0.15, 0.2) is 24.3 Å². The van der Waals surface area contributed by atoms with Crippen LogP contribution in [0.3, 0.4) is 0 Å². The van der Waals surface area contributed by atoms with Gasteiger partial charge in [0.05, 0.1) is 11.7 Å². The van der Waals surface area contributed by atoms with Crippen LogP contribution in [0.1, 0.15) is 31.2 Å². The summed E-state index contributed by atoms with van der Waals surface area (Å²) in [6.45, 7) is 2.04. The predicted molar refractivity (Wildman–Crippen MR) is 102 cm³/mol. The van der Waals surface area contributed by atoms with Crippen LogP contribution in [0.4, 0.5) is 4.39 Å². The molecule has 0 bridgehead atoms. The highest BCUT2D eigenvalue weighted by atomic mass is 32.2. The molecule has 2 aliphatic rings. The summed E-state index contributed by atoms with van der Waals surface area (Å²) in [6.07, 6.45) is 3.37. The molecule has 1 atom stereocenters. The zero-order valence-corrected chi connectivity index (χ0v) is 16.8. The third-order valence-electron chi connectivity index (χ3n) is 5.52. The molecule has 2 fully saturated rings. The van der Waals surface area contributed by atoms with Crippen molar-refractivity contribution in [3.05, 3.63) is 35.6 Å². The highest BCUT2D eigenvalue weighted by Gasteiger charge is 2.49. The van der Waals surface area contributed by atoms with Crippen LogP contribution < -0.4 is 4.72 Å². The van der Waals surface area contributed by atoms with Crippen LogP contribution in [0, 0.1) is 11.2 Å². The van der Waals surface area contributed by atoms with E-state index in [0.29, 0.717) is 32.6 Å². The number of nitrogens with zero attached hydrogens (tertiary/aromatic N) is 2. The summed E-state index contributed by atoms with van der Waals surface area (Å²) in [5, 5.41) is 0. The fraction of sp³-hybridized carbons (Fsp3) is 0.579. The van der Waals surface area contributed by atoms with Gasteiger partial charge in [-0.25, -0.2) is 17.5 Å². The number of rotatable bonds is 6. The van der Waals surface area contributed by atoms with Crippen molar-refractivity contribution < 1.29 is 22.4 Å². The smallest absolute Gasteiger partial charge is 0.230 e. The maximum atomic E-state index is 13.2. The van der Waals surface area contributed by atoms with Gasteiger partial charge in [-0.2, -0.15) is 0 Å². The Morgan fingerprint density at radius 2 is 1.93 bits per heavy atom. The van der Waals surface area contributed by atoms with Crippen LogP contribution in [0.25, 0.3) is 0 Å². The SMILES string of the molecule is CS(=O)(=O)NCCC(=O)N1CCC2(CCCN(Cc3ccc(F)cc3)C2=O)C1. The minimum Gasteiger partial charge on any atom is -0.342 e. The molecule has 1 N–H and O–H groups in total. The summed E-state index contributed by atoms with van der Waals surface area (Å²) in [5.74, 6) is -0.399. The van der Waals surface area contributed by atoms with Crippen molar-refractivity contribution in [1.82, 2.24) is 14.5 Å². The number of sulfonamides is 1. The highest BCUT2D eigenvalue weighted by Crippen LogP contribution is 2.40. The molecule has 2 amide bonds. The molecule has 154 valence electrons. The van der Waals surface area contributed by atoms with Gasteiger partial charge in [-0.1, -0.05) is 12.1 Å². The first-order chi connectivity index (χ1) is 13.2. The molecule has 3 rings (SSSR count). The molecule has 1 spiro atoms. The van der Waals surface area contributed by atoms with Crippen LogP contribution in [-0.4, -0.2) is 62.5 Å². The molecule has 1 aromatic rings. The maximum Gasteiger partial charge on any atom is 0.230 e. The maximum absolute atomic E-state index is 13.2. The largest absolute Gasteiger partial charge is 0.342 e. The third-order valence-corrected chi connectivity index (χ3v) is 6.25. The Morgan fingerprint density at radius 3 is 2.61 bits per heavy atom. The van der Waals surface area contributed by atoms with E-state index in [1.807, 2.05) is 0 Å². The Morgan fingerprint density at radius 1 is 1.21 bits per heavy atom. The highest BCUT2D eigenvalue weighted by molar-refractivity contribution is 7.88. The normalized spacial score (nSPS) is 22.9. The monoisotopic (exact) mass is 411 g/mol. The van der Waals surface area contributed by atoms with Gasteiger partial charge in [-0.15, -0.1) is 0 Å². The Bertz CT molecular complexity index is 843. The van der Waals surface area contributed by atoms with Crippen molar-refractivity contribution in [2.24, 2.45) is 5.41 Å².